The molecule has 0 aliphatic carbocycles. The third-order valence-corrected chi connectivity index (χ3v) is 3.72. The number of carbonyl (C=O) groups is 2. The quantitative estimate of drug-likeness (QED) is 0.834. The third-order valence-electron chi connectivity index (χ3n) is 3.72. The van der Waals surface area contributed by atoms with Crippen LogP contribution in [-0.2, 0) is 9.59 Å². The Labute approximate surface area is 135 Å². The van der Waals surface area contributed by atoms with Gasteiger partial charge in [-0.25, -0.2) is 4.39 Å². The summed E-state index contributed by atoms with van der Waals surface area (Å²) in [6.45, 7) is 4.59. The van der Waals surface area contributed by atoms with Gasteiger partial charge in [0.15, 0.2) is 0 Å². The lowest BCUT2D eigenvalue weighted by Crippen LogP contribution is -2.51. The molecule has 1 aromatic carbocycles. The first-order valence-electron chi connectivity index (χ1n) is 7.75. The van der Waals surface area contributed by atoms with Gasteiger partial charge in [0, 0.05) is 44.3 Å². The number of benzene rings is 1. The highest BCUT2D eigenvalue weighted by atomic mass is 19.1. The summed E-state index contributed by atoms with van der Waals surface area (Å²) in [5, 5.41) is 2.73. The number of piperazine rings is 1. The number of anilines is 1. The molecule has 1 aliphatic heterocycles. The van der Waals surface area contributed by atoms with Gasteiger partial charge >= 0.3 is 0 Å². The first-order valence-corrected chi connectivity index (χ1v) is 7.75. The Morgan fingerprint density at radius 2 is 1.83 bits per heavy atom. The molecule has 3 N–H and O–H groups in total. The fraction of sp³-hybridized carbons (Fsp3) is 0.500. The molecule has 126 valence electrons. The largest absolute Gasteiger partial charge is 0.340 e. The number of hydrogen-bond donors (Lipinski definition) is 2. The zero-order valence-electron chi connectivity index (χ0n) is 13.3. The van der Waals surface area contributed by atoms with Crippen LogP contribution < -0.4 is 11.1 Å². The van der Waals surface area contributed by atoms with Gasteiger partial charge in [-0.05, 0) is 31.2 Å². The minimum Gasteiger partial charge on any atom is -0.340 e. The zero-order valence-corrected chi connectivity index (χ0v) is 13.3. The molecule has 0 aromatic heterocycles. The summed E-state index contributed by atoms with van der Waals surface area (Å²) in [4.78, 5) is 27.7. The SMILES string of the molecule is CC(N)CC(=O)N1CCN(CC(=O)Nc2ccc(F)cc2)CC1. The monoisotopic (exact) mass is 322 g/mol. The van der Waals surface area contributed by atoms with Crippen LogP contribution in [0.2, 0.25) is 0 Å². The lowest BCUT2D eigenvalue weighted by Gasteiger charge is -2.34. The Balaban J connectivity index is 1.74. The summed E-state index contributed by atoms with van der Waals surface area (Å²) in [6, 6.07) is 5.52. The first-order chi connectivity index (χ1) is 10.9. The highest BCUT2D eigenvalue weighted by Gasteiger charge is 2.22. The Kier molecular flexibility index (Phi) is 6.06. The summed E-state index contributed by atoms with van der Waals surface area (Å²) < 4.78 is 12.8. The third kappa shape index (κ3) is 5.61. The van der Waals surface area contributed by atoms with E-state index in [2.05, 4.69) is 5.32 Å². The van der Waals surface area contributed by atoms with E-state index in [-0.39, 0.29) is 30.2 Å². The minimum absolute atomic E-state index is 0.0652. The molecule has 1 unspecified atom stereocenters. The Morgan fingerprint density at radius 1 is 1.22 bits per heavy atom. The van der Waals surface area contributed by atoms with Gasteiger partial charge in [-0.3, -0.25) is 14.5 Å². The summed E-state index contributed by atoms with van der Waals surface area (Å²) in [5.41, 5.74) is 6.21. The number of hydrogen-bond acceptors (Lipinski definition) is 4. The molecule has 2 rings (SSSR count). The molecule has 23 heavy (non-hydrogen) atoms. The Bertz CT molecular complexity index is 540. The summed E-state index contributed by atoms with van der Waals surface area (Å²) >= 11 is 0. The van der Waals surface area contributed by atoms with Crippen molar-refractivity contribution in [2.24, 2.45) is 5.73 Å². The number of nitrogens with one attached hydrogen (secondary N) is 1. The van der Waals surface area contributed by atoms with Gasteiger partial charge in [-0.2, -0.15) is 0 Å². The van der Waals surface area contributed by atoms with E-state index in [1.165, 1.54) is 24.3 Å². The normalized spacial score (nSPS) is 16.9. The molecular weight excluding hydrogens is 299 g/mol. The van der Waals surface area contributed by atoms with Gasteiger partial charge in [0.2, 0.25) is 11.8 Å². The average Bonchev–Trinajstić information content (AvgIpc) is 2.49. The molecule has 0 radical (unpaired) electrons. The number of amides is 2. The summed E-state index contributed by atoms with van der Waals surface area (Å²) in [5.74, 6) is -0.419. The first kappa shape index (κ1) is 17.4. The summed E-state index contributed by atoms with van der Waals surface area (Å²) in [6.07, 6.45) is 0.352. The van der Waals surface area contributed by atoms with Crippen LogP contribution in [0.5, 0.6) is 0 Å². The predicted molar refractivity (Wildman–Crippen MR) is 86.3 cm³/mol. The van der Waals surface area contributed by atoms with E-state index in [1.807, 2.05) is 11.8 Å². The standard InChI is InChI=1S/C16H23FN4O2/c1-12(18)10-16(23)21-8-6-20(7-9-21)11-15(22)19-14-4-2-13(17)3-5-14/h2-5,12H,6-11,18H2,1H3,(H,19,22). The van der Waals surface area contributed by atoms with Crippen molar-refractivity contribution in [1.29, 1.82) is 0 Å². The number of halogens is 1. The van der Waals surface area contributed by atoms with E-state index < -0.39 is 0 Å². The van der Waals surface area contributed by atoms with Crippen molar-refractivity contribution < 1.29 is 14.0 Å². The van der Waals surface area contributed by atoms with E-state index in [4.69, 9.17) is 5.73 Å². The van der Waals surface area contributed by atoms with Crippen LogP contribution in [0, 0.1) is 5.82 Å². The van der Waals surface area contributed by atoms with Crippen LogP contribution in [0.15, 0.2) is 24.3 Å². The Hall–Kier alpha value is -1.99. The fourth-order valence-corrected chi connectivity index (χ4v) is 2.50. The van der Waals surface area contributed by atoms with Gasteiger partial charge in [-0.1, -0.05) is 0 Å². The number of rotatable bonds is 5. The predicted octanol–water partition coefficient (Wildman–Crippen LogP) is 0.646. The number of nitrogens with zero attached hydrogens (tertiary/aromatic N) is 2. The maximum Gasteiger partial charge on any atom is 0.238 e. The van der Waals surface area contributed by atoms with Crippen LogP contribution in [0.3, 0.4) is 0 Å². The van der Waals surface area contributed by atoms with Gasteiger partial charge < -0.3 is 16.0 Å². The van der Waals surface area contributed by atoms with Gasteiger partial charge in [-0.15, -0.1) is 0 Å². The molecule has 1 atom stereocenters. The van der Waals surface area contributed by atoms with E-state index in [9.17, 15) is 14.0 Å². The highest BCUT2D eigenvalue weighted by Crippen LogP contribution is 2.09. The second kappa shape index (κ2) is 8.03. The second-order valence-electron chi connectivity index (χ2n) is 5.89. The van der Waals surface area contributed by atoms with Crippen molar-refractivity contribution in [3.05, 3.63) is 30.1 Å². The van der Waals surface area contributed by atoms with Crippen molar-refractivity contribution in [3.63, 3.8) is 0 Å². The van der Waals surface area contributed by atoms with Crippen molar-refractivity contribution in [3.8, 4) is 0 Å². The van der Waals surface area contributed by atoms with Crippen LogP contribution in [0.1, 0.15) is 13.3 Å². The topological polar surface area (TPSA) is 78.7 Å². The highest BCUT2D eigenvalue weighted by molar-refractivity contribution is 5.92. The molecule has 1 fully saturated rings. The lowest BCUT2D eigenvalue weighted by molar-refractivity contribution is -0.133. The van der Waals surface area contributed by atoms with Crippen LogP contribution in [0.4, 0.5) is 10.1 Å². The van der Waals surface area contributed by atoms with Crippen LogP contribution >= 0.6 is 0 Å². The molecule has 6 nitrogen and oxygen atoms in total. The molecule has 1 aliphatic rings. The number of nitrogens with two attached hydrogens (primary N) is 1. The molecule has 0 bridgehead atoms. The smallest absolute Gasteiger partial charge is 0.238 e. The molecule has 1 aromatic rings. The summed E-state index contributed by atoms with van der Waals surface area (Å²) in [7, 11) is 0. The van der Waals surface area contributed by atoms with Crippen molar-refractivity contribution in [2.45, 2.75) is 19.4 Å². The molecule has 0 saturated carbocycles. The zero-order chi connectivity index (χ0) is 16.8. The van der Waals surface area contributed by atoms with Gasteiger partial charge in [0.1, 0.15) is 5.82 Å². The average molecular weight is 322 g/mol. The van der Waals surface area contributed by atoms with Crippen molar-refractivity contribution >= 4 is 17.5 Å². The maximum absolute atomic E-state index is 12.8. The minimum atomic E-state index is -0.337. The molecule has 1 saturated heterocycles. The molecule has 2 amide bonds. The van der Waals surface area contributed by atoms with Crippen molar-refractivity contribution in [2.75, 3.05) is 38.0 Å². The van der Waals surface area contributed by atoms with E-state index >= 15 is 0 Å². The van der Waals surface area contributed by atoms with Crippen molar-refractivity contribution in [1.82, 2.24) is 9.80 Å². The lowest BCUT2D eigenvalue weighted by atomic mass is 10.2. The van der Waals surface area contributed by atoms with Gasteiger partial charge in [0.25, 0.3) is 0 Å². The van der Waals surface area contributed by atoms with Crippen LogP contribution in [-0.4, -0.2) is 60.4 Å². The van der Waals surface area contributed by atoms with E-state index in [0.29, 0.717) is 38.3 Å². The fourth-order valence-electron chi connectivity index (χ4n) is 2.50. The van der Waals surface area contributed by atoms with Gasteiger partial charge in [0.05, 0.1) is 6.54 Å². The number of carbonyl (C=O) groups excluding carboxylic acids is 2. The van der Waals surface area contributed by atoms with Crippen LogP contribution in [0.25, 0.3) is 0 Å². The van der Waals surface area contributed by atoms with E-state index in [1.54, 1.807) is 4.90 Å². The molecule has 7 heteroatoms. The van der Waals surface area contributed by atoms with E-state index in [0.717, 1.165) is 0 Å². The maximum atomic E-state index is 12.8. The second-order valence-corrected chi connectivity index (χ2v) is 5.89. The molecule has 1 heterocycles. The Morgan fingerprint density at radius 3 is 2.39 bits per heavy atom. The molecule has 0 spiro atoms. The molecular formula is C16H23FN4O2.